The number of aliphatic hydroxyl groups is 1. The second kappa shape index (κ2) is 11.7. The number of hydrogen-bond acceptors (Lipinski definition) is 3. The van der Waals surface area contributed by atoms with Crippen molar-refractivity contribution in [2.45, 2.75) is 110 Å². The minimum atomic E-state index is -0.459. The van der Waals surface area contributed by atoms with Crippen LogP contribution in [0.5, 0.6) is 0 Å². The van der Waals surface area contributed by atoms with Crippen LogP contribution in [0.4, 0.5) is 0 Å². The molecule has 0 bridgehead atoms. The van der Waals surface area contributed by atoms with Crippen LogP contribution in [0, 0.1) is 23.2 Å². The van der Waals surface area contributed by atoms with Crippen molar-refractivity contribution in [2.24, 2.45) is 23.2 Å². The topological polar surface area (TPSA) is 46.5 Å². The van der Waals surface area contributed by atoms with E-state index in [0.717, 1.165) is 38.0 Å². The molecule has 0 heterocycles. The number of carbonyl (C=O) groups excluding carboxylic acids is 1. The molecule has 4 rings (SSSR count). The zero-order valence-corrected chi connectivity index (χ0v) is 23.6. The molecular weight excluding hydrogens is 456 g/mol. The van der Waals surface area contributed by atoms with Crippen molar-refractivity contribution >= 4 is 5.97 Å². The van der Waals surface area contributed by atoms with Gasteiger partial charge in [0.1, 0.15) is 5.60 Å². The molecule has 0 radical (unpaired) electrons. The largest absolute Gasteiger partial charge is 0.456 e. The lowest BCUT2D eigenvalue weighted by molar-refractivity contribution is -0.00655. The summed E-state index contributed by atoms with van der Waals surface area (Å²) in [5, 5.41) is 10.1. The zero-order valence-electron chi connectivity index (χ0n) is 23.6. The number of esters is 1. The predicted molar refractivity (Wildman–Crippen MR) is 152 cm³/mol. The lowest BCUT2D eigenvalue weighted by Gasteiger charge is -2.44. The molecule has 37 heavy (non-hydrogen) atoms. The van der Waals surface area contributed by atoms with Gasteiger partial charge in [-0.3, -0.25) is 0 Å². The van der Waals surface area contributed by atoms with Crippen LogP contribution in [0.3, 0.4) is 0 Å². The van der Waals surface area contributed by atoms with E-state index in [4.69, 9.17) is 4.74 Å². The Morgan fingerprint density at radius 3 is 2.70 bits per heavy atom. The molecule has 3 fully saturated rings. The predicted octanol–water partition coefficient (Wildman–Crippen LogP) is 8.60. The summed E-state index contributed by atoms with van der Waals surface area (Å²) in [6, 6.07) is 9.30. The summed E-state index contributed by atoms with van der Waals surface area (Å²) in [7, 11) is 0. The van der Waals surface area contributed by atoms with Gasteiger partial charge in [-0.1, -0.05) is 68.3 Å². The first-order chi connectivity index (χ1) is 17.6. The van der Waals surface area contributed by atoms with Gasteiger partial charge in [0.05, 0.1) is 11.7 Å². The number of hydrogen-bond donors (Lipinski definition) is 1. The molecule has 0 aromatic heterocycles. The van der Waals surface area contributed by atoms with Crippen molar-refractivity contribution < 1.29 is 14.6 Å². The van der Waals surface area contributed by atoms with E-state index < -0.39 is 5.60 Å². The van der Waals surface area contributed by atoms with E-state index in [0.29, 0.717) is 22.8 Å². The summed E-state index contributed by atoms with van der Waals surface area (Å²) in [6.45, 7) is 13.3. The van der Waals surface area contributed by atoms with Crippen molar-refractivity contribution in [3.63, 3.8) is 0 Å². The van der Waals surface area contributed by atoms with Crippen molar-refractivity contribution in [1.29, 1.82) is 0 Å². The smallest absolute Gasteiger partial charge is 0.338 e. The van der Waals surface area contributed by atoms with Gasteiger partial charge in [-0.05, 0) is 119 Å². The fourth-order valence-corrected chi connectivity index (χ4v) is 7.60. The van der Waals surface area contributed by atoms with Crippen LogP contribution in [0.1, 0.15) is 109 Å². The highest BCUT2D eigenvalue weighted by Gasteiger charge is 2.50. The maximum atomic E-state index is 12.5. The Morgan fingerprint density at radius 1 is 1.19 bits per heavy atom. The molecule has 3 aliphatic carbocycles. The number of allylic oxidation sites excluding steroid dienone is 4. The van der Waals surface area contributed by atoms with Crippen LogP contribution in [-0.4, -0.2) is 22.8 Å². The van der Waals surface area contributed by atoms with Crippen LogP contribution < -0.4 is 0 Å². The monoisotopic (exact) mass is 504 g/mol. The standard InChI is InChI=1S/C34H48O3/c1-24-15-18-29(35)23-28(24)17-16-26-14-10-22-34(5)30(19-20-31(26)34)25(2)11-9-21-33(3,4)37-32(36)27-12-7-6-8-13-27/h6-8,12-13,16-17,25,29-31,35H,1,9-11,14-15,18-23H2,2-5H3/t25-,29+,30-,31-,34-/m1/s1. The number of ether oxygens (including phenoxy) is 1. The Labute approximate surface area is 225 Å². The molecule has 0 saturated heterocycles. The number of fused-ring (bicyclic) bond motifs is 1. The minimum absolute atomic E-state index is 0.213. The molecule has 1 N–H and O–H groups in total. The molecule has 3 aliphatic rings. The van der Waals surface area contributed by atoms with Gasteiger partial charge < -0.3 is 9.84 Å². The first-order valence-corrected chi connectivity index (χ1v) is 14.6. The normalized spacial score (nSPS) is 31.4. The Kier molecular flexibility index (Phi) is 8.84. The fraction of sp³-hybridized carbons (Fsp3) is 0.618. The Bertz CT molecular complexity index is 1020. The summed E-state index contributed by atoms with van der Waals surface area (Å²) in [5.74, 6) is 1.86. The molecule has 1 aromatic rings. The fourth-order valence-electron chi connectivity index (χ4n) is 7.60. The van der Waals surface area contributed by atoms with E-state index >= 15 is 0 Å². The third kappa shape index (κ3) is 6.66. The van der Waals surface area contributed by atoms with Crippen LogP contribution in [0.2, 0.25) is 0 Å². The van der Waals surface area contributed by atoms with E-state index in [1.807, 2.05) is 44.2 Å². The average Bonchev–Trinajstić information content (AvgIpc) is 3.22. The highest BCUT2D eigenvalue weighted by atomic mass is 16.6. The van der Waals surface area contributed by atoms with Gasteiger partial charge in [-0.25, -0.2) is 4.79 Å². The second-order valence-corrected chi connectivity index (χ2v) is 12.9. The molecule has 1 aromatic carbocycles. The maximum Gasteiger partial charge on any atom is 0.338 e. The van der Waals surface area contributed by atoms with E-state index in [2.05, 4.69) is 32.6 Å². The molecule has 0 unspecified atom stereocenters. The van der Waals surface area contributed by atoms with E-state index in [1.54, 1.807) is 5.57 Å². The maximum absolute atomic E-state index is 12.5. The summed E-state index contributed by atoms with van der Waals surface area (Å²) in [6.07, 6.45) is 16.5. The van der Waals surface area contributed by atoms with Crippen molar-refractivity contribution in [3.05, 3.63) is 71.3 Å². The van der Waals surface area contributed by atoms with Crippen LogP contribution in [0.25, 0.3) is 0 Å². The minimum Gasteiger partial charge on any atom is -0.456 e. The number of aliphatic hydroxyl groups excluding tert-OH is 1. The van der Waals surface area contributed by atoms with Gasteiger partial charge in [0.25, 0.3) is 0 Å². The van der Waals surface area contributed by atoms with Gasteiger partial charge in [0.2, 0.25) is 0 Å². The molecule has 0 amide bonds. The SMILES string of the molecule is C=C1CC[C@H](O)CC1=CC=C1CCC[C@@]2(C)[C@@H]1CC[C@@H]2[C@H](C)CCCC(C)(C)OC(=O)c1ccccc1. The van der Waals surface area contributed by atoms with Crippen LogP contribution in [-0.2, 0) is 4.74 Å². The zero-order chi connectivity index (χ0) is 26.6. The molecule has 3 saturated carbocycles. The molecule has 0 spiro atoms. The van der Waals surface area contributed by atoms with Crippen LogP contribution >= 0.6 is 0 Å². The van der Waals surface area contributed by atoms with E-state index in [-0.39, 0.29) is 12.1 Å². The van der Waals surface area contributed by atoms with Gasteiger partial charge in [-0.2, -0.15) is 0 Å². The van der Waals surface area contributed by atoms with E-state index in [1.165, 1.54) is 49.7 Å². The molecule has 3 nitrogen and oxygen atoms in total. The first kappa shape index (κ1) is 27.9. The highest BCUT2D eigenvalue weighted by molar-refractivity contribution is 5.89. The molecule has 202 valence electrons. The summed E-state index contributed by atoms with van der Waals surface area (Å²) >= 11 is 0. The van der Waals surface area contributed by atoms with E-state index in [9.17, 15) is 9.90 Å². The first-order valence-electron chi connectivity index (χ1n) is 14.6. The molecule has 0 aliphatic heterocycles. The quantitative estimate of drug-likeness (QED) is 0.361. The van der Waals surface area contributed by atoms with Gasteiger partial charge in [-0.15, -0.1) is 0 Å². The van der Waals surface area contributed by atoms with Crippen molar-refractivity contribution in [1.82, 2.24) is 0 Å². The van der Waals surface area contributed by atoms with Crippen molar-refractivity contribution in [3.8, 4) is 0 Å². The number of carbonyl (C=O) groups is 1. The Balaban J connectivity index is 1.33. The third-order valence-electron chi connectivity index (χ3n) is 9.73. The van der Waals surface area contributed by atoms with Gasteiger partial charge >= 0.3 is 5.97 Å². The van der Waals surface area contributed by atoms with Gasteiger partial charge in [0, 0.05) is 0 Å². The molecule has 5 atom stereocenters. The summed E-state index contributed by atoms with van der Waals surface area (Å²) < 4.78 is 5.87. The van der Waals surface area contributed by atoms with Crippen molar-refractivity contribution in [2.75, 3.05) is 0 Å². The molecule has 3 heteroatoms. The Morgan fingerprint density at radius 2 is 1.95 bits per heavy atom. The lowest BCUT2D eigenvalue weighted by atomic mass is 9.60. The summed E-state index contributed by atoms with van der Waals surface area (Å²) in [4.78, 5) is 12.5. The average molecular weight is 505 g/mol. The second-order valence-electron chi connectivity index (χ2n) is 12.9. The van der Waals surface area contributed by atoms with Crippen LogP contribution in [0.15, 0.2) is 65.8 Å². The number of benzene rings is 1. The molecular formula is C34H48O3. The lowest BCUT2D eigenvalue weighted by Crippen LogP contribution is -2.36. The number of rotatable bonds is 8. The summed E-state index contributed by atoms with van der Waals surface area (Å²) in [5.41, 5.74) is 4.61. The highest BCUT2D eigenvalue weighted by Crippen LogP contribution is 2.60. The van der Waals surface area contributed by atoms with Gasteiger partial charge in [0.15, 0.2) is 0 Å². The third-order valence-corrected chi connectivity index (χ3v) is 9.73. The Hall–Kier alpha value is -2.13.